The van der Waals surface area contributed by atoms with Gasteiger partial charge in [0.05, 0.1) is 13.1 Å². The molecule has 1 fully saturated rings. The van der Waals surface area contributed by atoms with Crippen LogP contribution in [0, 0.1) is 0 Å². The van der Waals surface area contributed by atoms with Gasteiger partial charge in [-0.2, -0.15) is 0 Å². The van der Waals surface area contributed by atoms with Crippen molar-refractivity contribution in [3.05, 3.63) is 0 Å². The van der Waals surface area contributed by atoms with E-state index < -0.39 is 0 Å². The lowest BCUT2D eigenvalue weighted by Gasteiger charge is -1.91. The molecular weight excluding hydrogens is 175 g/mol. The van der Waals surface area contributed by atoms with Gasteiger partial charge < -0.3 is 10.6 Å². The molecule has 0 unspecified atom stereocenters. The Bertz CT molecular complexity index is 89.6. The number of ketones is 1. The molecule has 0 aromatic heterocycles. The van der Waals surface area contributed by atoms with Gasteiger partial charge in [-0.1, -0.05) is 0 Å². The summed E-state index contributed by atoms with van der Waals surface area (Å²) in [5.74, 6) is 0.252. The van der Waals surface area contributed by atoms with Crippen molar-refractivity contribution in [2.45, 2.75) is 0 Å². The van der Waals surface area contributed by atoms with Crippen molar-refractivity contribution >= 4 is 30.6 Å². The van der Waals surface area contributed by atoms with Crippen molar-refractivity contribution in [2.24, 2.45) is 0 Å². The van der Waals surface area contributed by atoms with Crippen LogP contribution in [-0.4, -0.2) is 32.0 Å². The van der Waals surface area contributed by atoms with Gasteiger partial charge in [0.25, 0.3) is 0 Å². The molecule has 3 nitrogen and oxygen atoms in total. The molecule has 1 rings (SSSR count). The quantitative estimate of drug-likeness (QED) is 0.541. The lowest BCUT2D eigenvalue weighted by Crippen LogP contribution is -2.22. The van der Waals surface area contributed by atoms with E-state index in [2.05, 4.69) is 10.6 Å². The smallest absolute Gasteiger partial charge is 0.160 e. The molecule has 2 N–H and O–H groups in total. The SMILES string of the molecule is Cl.Cl.O=C1CNCCNC1. The highest BCUT2D eigenvalue weighted by atomic mass is 35.5. The highest BCUT2D eigenvalue weighted by Crippen LogP contribution is 1.72. The first-order valence-electron chi connectivity index (χ1n) is 2.83. The maximum Gasteiger partial charge on any atom is 0.160 e. The zero-order chi connectivity index (χ0) is 5.82. The Morgan fingerprint density at radius 3 is 1.80 bits per heavy atom. The third-order valence-corrected chi connectivity index (χ3v) is 1.12. The third kappa shape index (κ3) is 4.99. The van der Waals surface area contributed by atoms with Crippen molar-refractivity contribution < 1.29 is 4.79 Å². The average Bonchev–Trinajstić information content (AvgIpc) is 1.94. The van der Waals surface area contributed by atoms with Crippen molar-refractivity contribution in [1.82, 2.24) is 10.6 Å². The van der Waals surface area contributed by atoms with Gasteiger partial charge >= 0.3 is 0 Å². The highest BCUT2D eigenvalue weighted by Gasteiger charge is 2.02. The first-order valence-corrected chi connectivity index (χ1v) is 2.83. The summed E-state index contributed by atoms with van der Waals surface area (Å²) < 4.78 is 0. The van der Waals surface area contributed by atoms with Crippen LogP contribution in [0.5, 0.6) is 0 Å². The van der Waals surface area contributed by atoms with E-state index >= 15 is 0 Å². The molecule has 0 bridgehead atoms. The lowest BCUT2D eigenvalue weighted by atomic mass is 10.4. The van der Waals surface area contributed by atoms with E-state index in [0.717, 1.165) is 13.1 Å². The predicted octanol–water partition coefficient (Wildman–Crippen LogP) is -0.408. The first kappa shape index (κ1) is 12.8. The summed E-state index contributed by atoms with van der Waals surface area (Å²) in [6.07, 6.45) is 0. The van der Waals surface area contributed by atoms with Crippen LogP contribution in [0.4, 0.5) is 0 Å². The van der Waals surface area contributed by atoms with Crippen LogP contribution in [0.15, 0.2) is 0 Å². The summed E-state index contributed by atoms with van der Waals surface area (Å²) in [6.45, 7) is 2.89. The summed E-state index contributed by atoms with van der Waals surface area (Å²) >= 11 is 0. The molecule has 0 spiro atoms. The van der Waals surface area contributed by atoms with Crippen LogP contribution in [0.1, 0.15) is 0 Å². The van der Waals surface area contributed by atoms with Gasteiger partial charge in [0.1, 0.15) is 0 Å². The number of hydrogen-bond acceptors (Lipinski definition) is 3. The van der Waals surface area contributed by atoms with Crippen LogP contribution in [0.25, 0.3) is 0 Å². The molecule has 1 heterocycles. The van der Waals surface area contributed by atoms with Gasteiger partial charge in [-0.05, 0) is 0 Å². The third-order valence-electron chi connectivity index (χ3n) is 1.12. The van der Waals surface area contributed by atoms with E-state index in [-0.39, 0.29) is 30.6 Å². The molecule has 1 aliphatic rings. The molecule has 1 saturated heterocycles. The van der Waals surface area contributed by atoms with E-state index in [1.54, 1.807) is 0 Å². The minimum Gasteiger partial charge on any atom is -0.309 e. The fourth-order valence-corrected chi connectivity index (χ4v) is 0.695. The summed E-state index contributed by atoms with van der Waals surface area (Å²) in [5, 5.41) is 5.97. The zero-order valence-corrected chi connectivity index (χ0v) is 7.19. The van der Waals surface area contributed by atoms with Crippen LogP contribution < -0.4 is 10.6 Å². The van der Waals surface area contributed by atoms with Crippen molar-refractivity contribution in [3.63, 3.8) is 0 Å². The maximum absolute atomic E-state index is 10.6. The molecule has 0 radical (unpaired) electrons. The second-order valence-corrected chi connectivity index (χ2v) is 1.89. The van der Waals surface area contributed by atoms with Gasteiger partial charge in [-0.25, -0.2) is 0 Å². The Morgan fingerprint density at radius 2 is 1.40 bits per heavy atom. The summed E-state index contributed by atoms with van der Waals surface area (Å²) in [5.41, 5.74) is 0. The van der Waals surface area contributed by atoms with Gasteiger partial charge in [0.15, 0.2) is 5.78 Å². The van der Waals surface area contributed by atoms with E-state index in [1.165, 1.54) is 0 Å². The topological polar surface area (TPSA) is 41.1 Å². The lowest BCUT2D eigenvalue weighted by molar-refractivity contribution is -0.117. The van der Waals surface area contributed by atoms with Gasteiger partial charge in [0.2, 0.25) is 0 Å². The molecule has 0 amide bonds. The van der Waals surface area contributed by atoms with Crippen molar-refractivity contribution in [1.29, 1.82) is 0 Å². The molecule has 0 atom stereocenters. The van der Waals surface area contributed by atoms with E-state index in [1.807, 2.05) is 0 Å². The van der Waals surface area contributed by atoms with Crippen LogP contribution in [-0.2, 0) is 4.79 Å². The van der Waals surface area contributed by atoms with Crippen molar-refractivity contribution in [2.75, 3.05) is 26.2 Å². The minimum absolute atomic E-state index is 0. The average molecular weight is 187 g/mol. The highest BCUT2D eigenvalue weighted by molar-refractivity contribution is 5.85. The van der Waals surface area contributed by atoms with Gasteiger partial charge in [0, 0.05) is 13.1 Å². The number of hydrogen-bond donors (Lipinski definition) is 2. The standard InChI is InChI=1S/C5H10N2O.2ClH/c8-5-3-6-1-2-7-4-5;;/h6-7H,1-4H2;2*1H. The Balaban J connectivity index is 0. The second kappa shape index (κ2) is 7.28. The van der Waals surface area contributed by atoms with Crippen molar-refractivity contribution in [3.8, 4) is 0 Å². The molecule has 0 aromatic rings. The second-order valence-electron chi connectivity index (χ2n) is 1.89. The van der Waals surface area contributed by atoms with E-state index in [9.17, 15) is 4.79 Å². The molecule has 1 aliphatic heterocycles. The summed E-state index contributed by atoms with van der Waals surface area (Å²) in [7, 11) is 0. The van der Waals surface area contributed by atoms with E-state index in [4.69, 9.17) is 0 Å². The summed E-state index contributed by atoms with van der Waals surface area (Å²) in [4.78, 5) is 10.6. The Labute approximate surface area is 72.8 Å². The van der Waals surface area contributed by atoms with E-state index in [0.29, 0.717) is 13.1 Å². The number of nitrogens with one attached hydrogen (secondary N) is 2. The fourth-order valence-electron chi connectivity index (χ4n) is 0.695. The summed E-state index contributed by atoms with van der Waals surface area (Å²) in [6, 6.07) is 0. The largest absolute Gasteiger partial charge is 0.309 e. The number of Topliss-reactive ketones (excluding diaryl/α,β-unsaturated/α-hetero) is 1. The van der Waals surface area contributed by atoms with Crippen LogP contribution >= 0.6 is 24.8 Å². The zero-order valence-electron chi connectivity index (χ0n) is 5.55. The Hall–Kier alpha value is 0.170. The molecule has 10 heavy (non-hydrogen) atoms. The van der Waals surface area contributed by atoms with Gasteiger partial charge in [-0.15, -0.1) is 24.8 Å². The normalized spacial score (nSPS) is 18.2. The number of carbonyl (C=O) groups is 1. The Morgan fingerprint density at radius 1 is 1.00 bits per heavy atom. The maximum atomic E-state index is 10.6. The molecule has 62 valence electrons. The number of halogens is 2. The van der Waals surface area contributed by atoms with Gasteiger partial charge in [-0.3, -0.25) is 4.79 Å². The number of rotatable bonds is 0. The fraction of sp³-hybridized carbons (Fsp3) is 0.800. The Kier molecular flexibility index (Phi) is 9.33. The molecule has 5 heteroatoms. The molecule has 0 saturated carbocycles. The molecule has 0 aliphatic carbocycles. The van der Waals surface area contributed by atoms with Crippen LogP contribution in [0.3, 0.4) is 0 Å². The van der Waals surface area contributed by atoms with Crippen LogP contribution in [0.2, 0.25) is 0 Å². The first-order chi connectivity index (χ1) is 3.89. The molecule has 0 aromatic carbocycles. The molecular formula is C5H12Cl2N2O. The predicted molar refractivity (Wildman–Crippen MR) is 45.2 cm³/mol. The number of carbonyl (C=O) groups excluding carboxylic acids is 1. The monoisotopic (exact) mass is 186 g/mol. The minimum atomic E-state index is 0.